The van der Waals surface area contributed by atoms with Crippen molar-refractivity contribution in [1.82, 2.24) is 9.97 Å². The van der Waals surface area contributed by atoms with Crippen LogP contribution < -0.4 is 4.74 Å². The lowest BCUT2D eigenvalue weighted by atomic mass is 9.73. The predicted octanol–water partition coefficient (Wildman–Crippen LogP) is 7.95. The van der Waals surface area contributed by atoms with Gasteiger partial charge < -0.3 is 9.84 Å². The molecule has 218 valence electrons. The summed E-state index contributed by atoms with van der Waals surface area (Å²) < 4.78 is 9.08. The maximum atomic E-state index is 10.8. The molecule has 0 spiro atoms. The number of benzene rings is 1. The summed E-state index contributed by atoms with van der Waals surface area (Å²) in [4.78, 5) is 20.1. The van der Waals surface area contributed by atoms with Gasteiger partial charge in [0, 0.05) is 47.9 Å². The Hall–Kier alpha value is -4.06. The van der Waals surface area contributed by atoms with Gasteiger partial charge in [0.1, 0.15) is 22.9 Å². The number of carboxylic acid groups (broad SMARTS) is 1. The number of hydrogen-bond acceptors (Lipinski definition) is 4. The fraction of sp³-hybridized carbons (Fsp3) is 0.389. The highest BCUT2D eigenvalue weighted by atomic mass is 16.5. The number of allylic oxidation sites excluding steroid dienone is 2. The van der Waals surface area contributed by atoms with Gasteiger partial charge in [-0.1, -0.05) is 57.9 Å². The van der Waals surface area contributed by atoms with E-state index < -0.39 is 5.97 Å². The maximum absolute atomic E-state index is 10.8. The Balaban J connectivity index is 1.44. The molecule has 2 aliphatic rings. The topological polar surface area (TPSA) is 75.3 Å². The molecular weight excluding hydrogens is 522 g/mol. The van der Waals surface area contributed by atoms with E-state index in [1.165, 1.54) is 16.8 Å². The highest BCUT2D eigenvalue weighted by molar-refractivity contribution is 5.95. The van der Waals surface area contributed by atoms with Crippen molar-refractivity contribution >= 4 is 17.8 Å². The Labute approximate surface area is 249 Å². The van der Waals surface area contributed by atoms with Gasteiger partial charge in [-0.2, -0.15) is 0 Å². The number of carboxylic acids is 1. The van der Waals surface area contributed by atoms with Gasteiger partial charge in [0.05, 0.1) is 0 Å². The molecule has 1 N–H and O–H groups in total. The Morgan fingerprint density at radius 1 is 0.976 bits per heavy atom. The number of aliphatic carboxylic acids is 1. The number of rotatable bonds is 12. The van der Waals surface area contributed by atoms with Crippen molar-refractivity contribution in [2.24, 2.45) is 5.41 Å². The van der Waals surface area contributed by atoms with Crippen LogP contribution in [0.15, 0.2) is 84.4 Å². The van der Waals surface area contributed by atoms with Crippen LogP contribution >= 0.6 is 0 Å². The van der Waals surface area contributed by atoms with Crippen molar-refractivity contribution in [1.29, 1.82) is 0 Å². The van der Waals surface area contributed by atoms with Crippen molar-refractivity contribution in [3.63, 3.8) is 0 Å². The molecule has 1 atom stereocenters. The molecule has 42 heavy (non-hydrogen) atoms. The lowest BCUT2D eigenvalue weighted by Crippen LogP contribution is -2.33. The Morgan fingerprint density at radius 3 is 2.31 bits per heavy atom. The van der Waals surface area contributed by atoms with Crippen LogP contribution in [0.4, 0.5) is 0 Å². The number of unbranched alkanes of at least 4 members (excludes halogenated alkanes) is 2. The molecule has 0 fully saturated rings. The highest BCUT2D eigenvalue weighted by Gasteiger charge is 2.39. The summed E-state index contributed by atoms with van der Waals surface area (Å²) >= 11 is 0. The van der Waals surface area contributed by atoms with E-state index >= 15 is 0 Å². The minimum Gasteiger partial charge on any atom is -0.481 e. The third-order valence-electron chi connectivity index (χ3n) is 8.44. The summed E-state index contributed by atoms with van der Waals surface area (Å²) in [6, 6.07) is 18.8. The molecule has 0 radical (unpaired) electrons. The second-order valence-corrected chi connectivity index (χ2v) is 12.1. The van der Waals surface area contributed by atoms with Gasteiger partial charge in [0.2, 0.25) is 0 Å². The zero-order valence-corrected chi connectivity index (χ0v) is 25.1. The van der Waals surface area contributed by atoms with E-state index in [1.807, 2.05) is 36.7 Å². The van der Waals surface area contributed by atoms with Crippen LogP contribution in [0.3, 0.4) is 0 Å². The summed E-state index contributed by atoms with van der Waals surface area (Å²) in [5.74, 6) is 1.54. The summed E-state index contributed by atoms with van der Waals surface area (Å²) in [5, 5.41) is 8.92. The number of ether oxygens (including phenoxy) is 1. The summed E-state index contributed by atoms with van der Waals surface area (Å²) in [6.45, 7) is 8.21. The van der Waals surface area contributed by atoms with Gasteiger partial charge in [0.25, 0.3) is 0 Å². The van der Waals surface area contributed by atoms with Crippen molar-refractivity contribution in [2.45, 2.75) is 84.7 Å². The van der Waals surface area contributed by atoms with Crippen LogP contribution in [0.2, 0.25) is 0 Å². The first-order chi connectivity index (χ1) is 20.3. The molecule has 1 unspecified atom stereocenters. The van der Waals surface area contributed by atoms with Crippen molar-refractivity contribution < 1.29 is 19.2 Å². The Bertz CT molecular complexity index is 1450. The van der Waals surface area contributed by atoms with Crippen LogP contribution in [-0.4, -0.2) is 31.3 Å². The molecule has 0 amide bonds. The first-order valence-corrected chi connectivity index (χ1v) is 15.2. The summed E-state index contributed by atoms with van der Waals surface area (Å²) in [5.41, 5.74) is 6.79. The Morgan fingerprint density at radius 2 is 1.69 bits per heavy atom. The first-order valence-electron chi connectivity index (χ1n) is 15.2. The minimum atomic E-state index is -0.710. The van der Waals surface area contributed by atoms with E-state index in [9.17, 15) is 4.79 Å². The second-order valence-electron chi connectivity index (χ2n) is 12.1. The van der Waals surface area contributed by atoms with E-state index in [1.54, 1.807) is 0 Å². The van der Waals surface area contributed by atoms with Crippen LogP contribution in [0.1, 0.15) is 94.1 Å². The van der Waals surface area contributed by atoms with Gasteiger partial charge >= 0.3 is 5.97 Å². The van der Waals surface area contributed by atoms with Gasteiger partial charge in [-0.25, -0.2) is 4.58 Å². The van der Waals surface area contributed by atoms with Crippen LogP contribution in [0, 0.1) is 5.41 Å². The fourth-order valence-corrected chi connectivity index (χ4v) is 6.09. The number of hydrogen-bond donors (Lipinski definition) is 1. The van der Waals surface area contributed by atoms with E-state index in [4.69, 9.17) is 9.84 Å². The average Bonchev–Trinajstić information content (AvgIpc) is 2.98. The van der Waals surface area contributed by atoms with Crippen molar-refractivity contribution in [3.8, 4) is 5.75 Å². The molecule has 3 heterocycles. The molecule has 0 saturated heterocycles. The lowest BCUT2D eigenvalue weighted by molar-refractivity contribution is -0.561. The largest absolute Gasteiger partial charge is 0.481 e. The minimum absolute atomic E-state index is 0.107. The van der Waals surface area contributed by atoms with Crippen molar-refractivity contribution in [2.75, 3.05) is 0 Å². The van der Waals surface area contributed by atoms with Gasteiger partial charge in [-0.15, -0.1) is 0 Å². The quantitative estimate of drug-likeness (QED) is 0.178. The first kappa shape index (κ1) is 29.4. The monoisotopic (exact) mass is 564 g/mol. The van der Waals surface area contributed by atoms with Gasteiger partial charge in [0.15, 0.2) is 18.8 Å². The zero-order chi connectivity index (χ0) is 29.5. The average molecular weight is 565 g/mol. The maximum Gasteiger partial charge on any atom is 0.303 e. The third kappa shape index (κ3) is 7.22. The van der Waals surface area contributed by atoms with E-state index in [0.29, 0.717) is 19.0 Å². The van der Waals surface area contributed by atoms with Gasteiger partial charge in [-0.3, -0.25) is 14.8 Å². The molecule has 2 aromatic heterocycles. The molecule has 0 bridgehead atoms. The second kappa shape index (κ2) is 13.3. The fourth-order valence-electron chi connectivity index (χ4n) is 6.09. The molecule has 1 aliphatic heterocycles. The number of pyridine rings is 2. The SMILES string of the molecule is CCC(CCCCCC(=O)O)c1ccc2c(c1)OC1=CC(=[N+](Cc3ccccn3)Cc3ccccn3)CC(C)(C)C1=C2. The lowest BCUT2D eigenvalue weighted by Gasteiger charge is -2.35. The number of fused-ring (bicyclic) bond motifs is 2. The molecular formula is C36H42N3O3+. The van der Waals surface area contributed by atoms with Crippen LogP contribution in [0.5, 0.6) is 5.75 Å². The highest BCUT2D eigenvalue weighted by Crippen LogP contribution is 2.46. The predicted molar refractivity (Wildman–Crippen MR) is 166 cm³/mol. The molecule has 0 saturated carbocycles. The van der Waals surface area contributed by atoms with Crippen LogP contribution in [0.25, 0.3) is 6.08 Å². The Kier molecular flexibility index (Phi) is 9.31. The summed E-state index contributed by atoms with van der Waals surface area (Å²) in [6.07, 6.45) is 14.2. The van der Waals surface area contributed by atoms with Crippen LogP contribution in [-0.2, 0) is 17.9 Å². The number of nitrogens with zero attached hydrogens (tertiary/aromatic N) is 3. The third-order valence-corrected chi connectivity index (χ3v) is 8.44. The molecule has 5 rings (SSSR count). The smallest absolute Gasteiger partial charge is 0.303 e. The molecule has 1 aromatic carbocycles. The zero-order valence-electron chi connectivity index (χ0n) is 25.1. The molecule has 6 heteroatoms. The van der Waals surface area contributed by atoms with E-state index in [0.717, 1.165) is 67.0 Å². The van der Waals surface area contributed by atoms with Gasteiger partial charge in [-0.05, 0) is 67.2 Å². The normalized spacial score (nSPS) is 15.9. The van der Waals surface area contributed by atoms with Crippen molar-refractivity contribution in [3.05, 3.63) is 107 Å². The molecule has 6 nitrogen and oxygen atoms in total. The standard InChI is InChI=1S/C36H41N3O3/c1-4-26(12-6-5-7-15-35(40)41)27-16-17-28-20-32-34(42-33(28)21-27)22-31(23-36(32,2)3)39(24-29-13-8-10-18-37-29)25-30-14-9-11-19-38-30/h8-11,13-14,16-22,26H,4-7,12,15,23-25H2,1-3H3/p+1. The summed E-state index contributed by atoms with van der Waals surface area (Å²) in [7, 11) is 0. The van der Waals surface area contributed by atoms with E-state index in [2.05, 4.69) is 77.8 Å². The molecule has 3 aromatic rings. The number of aromatic nitrogens is 2. The number of carbonyl (C=O) groups is 1. The molecule has 1 aliphatic carbocycles. The van der Waals surface area contributed by atoms with E-state index in [-0.39, 0.29) is 11.8 Å².